The van der Waals surface area contributed by atoms with Crippen LogP contribution < -0.4 is 10.1 Å². The highest BCUT2D eigenvalue weighted by Gasteiger charge is 2.10. The lowest BCUT2D eigenvalue weighted by molar-refractivity contribution is 0.0950. The average Bonchev–Trinajstić information content (AvgIpc) is 3.16. The van der Waals surface area contributed by atoms with Crippen LogP contribution in [0.2, 0.25) is 0 Å². The van der Waals surface area contributed by atoms with E-state index in [-0.39, 0.29) is 5.91 Å². The Labute approximate surface area is 178 Å². The predicted molar refractivity (Wildman–Crippen MR) is 118 cm³/mol. The van der Waals surface area contributed by atoms with Gasteiger partial charge in [-0.2, -0.15) is 0 Å². The summed E-state index contributed by atoms with van der Waals surface area (Å²) in [7, 11) is 4.04. The van der Waals surface area contributed by atoms with E-state index in [4.69, 9.17) is 4.74 Å². The Morgan fingerprint density at radius 2 is 1.83 bits per heavy atom. The molecule has 30 heavy (non-hydrogen) atoms. The second kappa shape index (κ2) is 10.1. The van der Waals surface area contributed by atoms with Gasteiger partial charge in [0.25, 0.3) is 5.91 Å². The highest BCUT2D eigenvalue weighted by molar-refractivity contribution is 5.94. The zero-order valence-corrected chi connectivity index (χ0v) is 18.1. The molecule has 0 radical (unpaired) electrons. The quantitative estimate of drug-likeness (QED) is 0.588. The highest BCUT2D eigenvalue weighted by atomic mass is 16.5. The van der Waals surface area contributed by atoms with E-state index >= 15 is 0 Å². The molecule has 0 unspecified atom stereocenters. The van der Waals surface area contributed by atoms with Crippen LogP contribution in [0.15, 0.2) is 60.9 Å². The Bertz CT molecular complexity index is 963. The number of carbonyl (C=O) groups is 1. The molecule has 3 rings (SSSR count). The van der Waals surface area contributed by atoms with Crippen LogP contribution in [0.1, 0.15) is 41.2 Å². The predicted octanol–water partition coefficient (Wildman–Crippen LogP) is 3.77. The van der Waals surface area contributed by atoms with Gasteiger partial charge in [0.2, 0.25) is 0 Å². The van der Waals surface area contributed by atoms with Gasteiger partial charge in [-0.1, -0.05) is 24.3 Å². The number of nitrogens with one attached hydrogen (secondary N) is 1. The van der Waals surface area contributed by atoms with Gasteiger partial charge in [-0.3, -0.25) is 9.69 Å². The summed E-state index contributed by atoms with van der Waals surface area (Å²) in [5.41, 5.74) is 2.97. The van der Waals surface area contributed by atoms with Crippen molar-refractivity contribution in [1.82, 2.24) is 19.8 Å². The van der Waals surface area contributed by atoms with Gasteiger partial charge in [0, 0.05) is 44.1 Å². The summed E-state index contributed by atoms with van der Waals surface area (Å²) >= 11 is 0. The van der Waals surface area contributed by atoms with Crippen molar-refractivity contribution in [1.29, 1.82) is 0 Å². The van der Waals surface area contributed by atoms with Gasteiger partial charge in [0.05, 0.1) is 0 Å². The van der Waals surface area contributed by atoms with Crippen LogP contribution >= 0.6 is 0 Å². The van der Waals surface area contributed by atoms with Crippen LogP contribution in [0.25, 0.3) is 0 Å². The second-order valence-electron chi connectivity index (χ2n) is 7.73. The second-order valence-corrected chi connectivity index (χ2v) is 7.73. The summed E-state index contributed by atoms with van der Waals surface area (Å²) in [5.74, 6) is 1.45. The molecule has 1 heterocycles. The number of carbonyl (C=O) groups excluding carboxylic acids is 1. The van der Waals surface area contributed by atoms with Crippen LogP contribution in [0, 0.1) is 0 Å². The summed E-state index contributed by atoms with van der Waals surface area (Å²) in [4.78, 5) is 19.1. The third-order valence-corrected chi connectivity index (χ3v) is 5.26. The molecule has 158 valence electrons. The lowest BCUT2D eigenvalue weighted by Crippen LogP contribution is -2.27. The first-order valence-corrected chi connectivity index (χ1v) is 10.2. The largest absolute Gasteiger partial charge is 0.486 e. The lowest BCUT2D eigenvalue weighted by Gasteiger charge is -2.22. The first kappa shape index (κ1) is 21.6. The number of ether oxygens (including phenoxy) is 1. The average molecular weight is 407 g/mol. The maximum atomic E-state index is 12.6. The molecule has 0 aliphatic heterocycles. The van der Waals surface area contributed by atoms with Crippen molar-refractivity contribution in [2.24, 2.45) is 7.05 Å². The smallest absolute Gasteiger partial charge is 0.251 e. The van der Waals surface area contributed by atoms with Gasteiger partial charge in [0.1, 0.15) is 18.2 Å². The number of imidazole rings is 1. The molecule has 3 aromatic rings. The standard InChI is InChI=1S/C24H30N4O2/c1-18(2)28(4)16-21-8-6-5-7-20(21)15-26-24(29)19-9-11-22(12-10-19)30-17-23-25-13-14-27(23)3/h5-14,18H,15-17H2,1-4H3,(H,26,29). The Kier molecular flexibility index (Phi) is 7.25. The SMILES string of the molecule is CC(C)N(C)Cc1ccccc1CNC(=O)c1ccc(OCc2nccn2C)cc1. The van der Waals surface area contributed by atoms with E-state index in [1.807, 2.05) is 42.1 Å². The van der Waals surface area contributed by atoms with Crippen LogP contribution in [-0.2, 0) is 26.7 Å². The molecule has 6 nitrogen and oxygen atoms in total. The van der Waals surface area contributed by atoms with Gasteiger partial charge in [-0.05, 0) is 56.3 Å². The van der Waals surface area contributed by atoms with E-state index in [1.165, 1.54) is 5.56 Å². The van der Waals surface area contributed by atoms with Crippen molar-refractivity contribution in [2.45, 2.75) is 39.6 Å². The molecule has 0 saturated carbocycles. The molecule has 1 aromatic heterocycles. The fourth-order valence-electron chi connectivity index (χ4n) is 3.00. The third-order valence-electron chi connectivity index (χ3n) is 5.26. The minimum absolute atomic E-state index is 0.0994. The Balaban J connectivity index is 1.56. The maximum absolute atomic E-state index is 12.6. The van der Waals surface area contributed by atoms with Gasteiger partial charge in [-0.15, -0.1) is 0 Å². The molecule has 0 aliphatic carbocycles. The molecule has 2 aromatic carbocycles. The zero-order chi connectivity index (χ0) is 21.5. The van der Waals surface area contributed by atoms with Crippen molar-refractivity contribution < 1.29 is 9.53 Å². The van der Waals surface area contributed by atoms with Crippen LogP contribution in [0.5, 0.6) is 5.75 Å². The van der Waals surface area contributed by atoms with E-state index in [1.54, 1.807) is 18.3 Å². The molecule has 0 spiro atoms. The first-order valence-electron chi connectivity index (χ1n) is 10.2. The van der Waals surface area contributed by atoms with E-state index in [9.17, 15) is 4.79 Å². The topological polar surface area (TPSA) is 59.4 Å². The zero-order valence-electron chi connectivity index (χ0n) is 18.1. The Morgan fingerprint density at radius 3 is 2.47 bits per heavy atom. The number of hydrogen-bond acceptors (Lipinski definition) is 4. The first-order chi connectivity index (χ1) is 14.4. The molecule has 0 atom stereocenters. The lowest BCUT2D eigenvalue weighted by atomic mass is 10.1. The minimum atomic E-state index is -0.0994. The van der Waals surface area contributed by atoms with Crippen LogP contribution in [-0.4, -0.2) is 33.4 Å². The monoisotopic (exact) mass is 406 g/mol. The fourth-order valence-corrected chi connectivity index (χ4v) is 3.00. The Morgan fingerprint density at radius 1 is 1.13 bits per heavy atom. The van der Waals surface area contributed by atoms with E-state index in [0.29, 0.717) is 30.5 Å². The summed E-state index contributed by atoms with van der Waals surface area (Å²) < 4.78 is 7.66. The fraction of sp³-hybridized carbons (Fsp3) is 0.333. The van der Waals surface area contributed by atoms with Crippen molar-refractivity contribution in [3.63, 3.8) is 0 Å². The molecule has 1 N–H and O–H groups in total. The van der Waals surface area contributed by atoms with Crippen molar-refractivity contribution in [2.75, 3.05) is 7.05 Å². The number of amides is 1. The molecular formula is C24H30N4O2. The molecular weight excluding hydrogens is 376 g/mol. The summed E-state index contributed by atoms with van der Waals surface area (Å²) in [5, 5.41) is 3.03. The number of aryl methyl sites for hydroxylation is 1. The molecule has 0 fully saturated rings. The van der Waals surface area contributed by atoms with Crippen LogP contribution in [0.4, 0.5) is 0 Å². The summed E-state index contributed by atoms with van der Waals surface area (Å²) in [6, 6.07) is 15.9. The number of hydrogen-bond donors (Lipinski definition) is 1. The molecule has 0 saturated heterocycles. The summed E-state index contributed by atoms with van der Waals surface area (Å²) in [6.45, 7) is 6.09. The third kappa shape index (κ3) is 5.70. The molecule has 6 heteroatoms. The molecule has 1 amide bonds. The number of rotatable bonds is 9. The molecule has 0 bridgehead atoms. The minimum Gasteiger partial charge on any atom is -0.486 e. The Hall–Kier alpha value is -3.12. The number of benzene rings is 2. The van der Waals surface area contributed by atoms with E-state index < -0.39 is 0 Å². The van der Waals surface area contributed by atoms with E-state index in [2.05, 4.69) is 48.2 Å². The normalized spacial score (nSPS) is 11.1. The van der Waals surface area contributed by atoms with Crippen molar-refractivity contribution >= 4 is 5.91 Å². The van der Waals surface area contributed by atoms with Gasteiger partial charge >= 0.3 is 0 Å². The van der Waals surface area contributed by atoms with Crippen LogP contribution in [0.3, 0.4) is 0 Å². The highest BCUT2D eigenvalue weighted by Crippen LogP contribution is 2.15. The number of nitrogens with zero attached hydrogens (tertiary/aromatic N) is 3. The van der Waals surface area contributed by atoms with E-state index in [0.717, 1.165) is 17.9 Å². The van der Waals surface area contributed by atoms with Gasteiger partial charge in [0.15, 0.2) is 0 Å². The van der Waals surface area contributed by atoms with Crippen molar-refractivity contribution in [3.05, 3.63) is 83.4 Å². The molecule has 0 aliphatic rings. The van der Waals surface area contributed by atoms with Crippen molar-refractivity contribution in [3.8, 4) is 5.75 Å². The van der Waals surface area contributed by atoms with Gasteiger partial charge in [-0.25, -0.2) is 4.98 Å². The maximum Gasteiger partial charge on any atom is 0.251 e. The summed E-state index contributed by atoms with van der Waals surface area (Å²) in [6.07, 6.45) is 3.62. The number of aromatic nitrogens is 2. The van der Waals surface area contributed by atoms with Gasteiger partial charge < -0.3 is 14.6 Å².